The van der Waals surface area contributed by atoms with Gasteiger partial charge in [-0.25, -0.2) is 0 Å². The van der Waals surface area contributed by atoms with Gasteiger partial charge in [0.25, 0.3) is 0 Å². The molecule has 1 aromatic carbocycles. The predicted molar refractivity (Wildman–Crippen MR) is 80.6 cm³/mol. The molecule has 0 N–H and O–H groups in total. The first kappa shape index (κ1) is 15.1. The molecule has 0 unspecified atom stereocenters. The highest BCUT2D eigenvalue weighted by Gasteiger charge is 2.14. The van der Waals surface area contributed by atoms with Crippen molar-refractivity contribution >= 4 is 29.0 Å². The highest BCUT2D eigenvalue weighted by Crippen LogP contribution is 2.21. The molecule has 0 aliphatic heterocycles. The average Bonchev–Trinajstić information content (AvgIpc) is 2.77. The molecule has 0 radical (unpaired) electrons. The summed E-state index contributed by atoms with van der Waals surface area (Å²) in [7, 11) is 1.88. The first-order valence-corrected chi connectivity index (χ1v) is 6.92. The Morgan fingerprint density at radius 3 is 2.70 bits per heavy atom. The van der Waals surface area contributed by atoms with Crippen molar-refractivity contribution < 1.29 is 9.21 Å². The Hall–Kier alpha value is -1.29. The first-order chi connectivity index (χ1) is 9.47. The van der Waals surface area contributed by atoms with Gasteiger partial charge in [0.1, 0.15) is 5.76 Å². The standard InChI is InChI=1S/C15H15Cl2NO2/c1-10-11(5-6-20-10)8-18(2)9-15(19)13-7-12(16)3-4-14(13)17/h3-7H,8-9H2,1-2H3. The van der Waals surface area contributed by atoms with E-state index in [0.717, 1.165) is 11.3 Å². The summed E-state index contributed by atoms with van der Waals surface area (Å²) in [6, 6.07) is 6.81. The van der Waals surface area contributed by atoms with Crippen molar-refractivity contribution in [3.63, 3.8) is 0 Å². The molecule has 0 amide bonds. The number of hydrogen-bond donors (Lipinski definition) is 0. The summed E-state index contributed by atoms with van der Waals surface area (Å²) >= 11 is 11.9. The molecule has 0 fully saturated rings. The third kappa shape index (κ3) is 3.63. The average molecular weight is 312 g/mol. The largest absolute Gasteiger partial charge is 0.469 e. The van der Waals surface area contributed by atoms with Crippen molar-refractivity contribution in [2.24, 2.45) is 0 Å². The molecular formula is C15H15Cl2NO2. The van der Waals surface area contributed by atoms with E-state index in [-0.39, 0.29) is 12.3 Å². The van der Waals surface area contributed by atoms with Crippen LogP contribution in [0.2, 0.25) is 10.0 Å². The highest BCUT2D eigenvalue weighted by atomic mass is 35.5. The molecule has 0 atom stereocenters. The van der Waals surface area contributed by atoms with Gasteiger partial charge in [-0.1, -0.05) is 23.2 Å². The van der Waals surface area contributed by atoms with Gasteiger partial charge in [-0.2, -0.15) is 0 Å². The van der Waals surface area contributed by atoms with Gasteiger partial charge in [0.2, 0.25) is 0 Å². The van der Waals surface area contributed by atoms with Gasteiger partial charge < -0.3 is 4.42 Å². The molecule has 0 saturated carbocycles. The van der Waals surface area contributed by atoms with E-state index in [0.29, 0.717) is 22.2 Å². The van der Waals surface area contributed by atoms with E-state index in [1.165, 1.54) is 0 Å². The van der Waals surface area contributed by atoms with Crippen LogP contribution in [0.5, 0.6) is 0 Å². The zero-order chi connectivity index (χ0) is 14.7. The van der Waals surface area contributed by atoms with E-state index in [4.69, 9.17) is 27.6 Å². The van der Waals surface area contributed by atoms with Crippen molar-refractivity contribution in [3.8, 4) is 0 Å². The lowest BCUT2D eigenvalue weighted by Gasteiger charge is -2.15. The summed E-state index contributed by atoms with van der Waals surface area (Å²) in [6.07, 6.45) is 1.65. The van der Waals surface area contributed by atoms with Gasteiger partial charge in [-0.15, -0.1) is 0 Å². The molecule has 20 heavy (non-hydrogen) atoms. The number of rotatable bonds is 5. The van der Waals surface area contributed by atoms with E-state index in [1.54, 1.807) is 24.5 Å². The van der Waals surface area contributed by atoms with Gasteiger partial charge in [-0.05, 0) is 38.2 Å². The van der Waals surface area contributed by atoms with Crippen molar-refractivity contribution in [2.45, 2.75) is 13.5 Å². The summed E-state index contributed by atoms with van der Waals surface area (Å²) < 4.78 is 5.24. The molecule has 0 saturated heterocycles. The van der Waals surface area contributed by atoms with Crippen LogP contribution in [0.15, 0.2) is 34.9 Å². The number of benzene rings is 1. The maximum atomic E-state index is 12.2. The Balaban J connectivity index is 2.04. The molecule has 3 nitrogen and oxygen atoms in total. The van der Waals surface area contributed by atoms with Crippen LogP contribution in [-0.4, -0.2) is 24.3 Å². The summed E-state index contributed by atoms with van der Waals surface area (Å²) in [5.41, 5.74) is 1.52. The second-order valence-corrected chi connectivity index (χ2v) is 5.57. The third-order valence-corrected chi connectivity index (χ3v) is 3.61. The lowest BCUT2D eigenvalue weighted by atomic mass is 10.1. The minimum atomic E-state index is -0.0545. The summed E-state index contributed by atoms with van der Waals surface area (Å²) in [4.78, 5) is 14.1. The van der Waals surface area contributed by atoms with Crippen LogP contribution in [-0.2, 0) is 6.54 Å². The van der Waals surface area contributed by atoms with Crippen LogP contribution in [0, 0.1) is 6.92 Å². The number of Topliss-reactive ketones (excluding diaryl/α,β-unsaturated/α-hetero) is 1. The first-order valence-electron chi connectivity index (χ1n) is 6.17. The molecule has 2 rings (SSSR count). The normalized spacial score (nSPS) is 11.1. The second-order valence-electron chi connectivity index (χ2n) is 4.72. The van der Waals surface area contributed by atoms with Crippen molar-refractivity contribution in [1.29, 1.82) is 0 Å². The Morgan fingerprint density at radius 1 is 1.30 bits per heavy atom. The number of likely N-dealkylation sites (N-methyl/N-ethyl adjacent to an activating group) is 1. The van der Waals surface area contributed by atoms with E-state index in [1.807, 2.05) is 24.9 Å². The number of nitrogens with zero attached hydrogens (tertiary/aromatic N) is 1. The fraction of sp³-hybridized carbons (Fsp3) is 0.267. The smallest absolute Gasteiger partial charge is 0.178 e. The number of carbonyl (C=O) groups excluding carboxylic acids is 1. The third-order valence-electron chi connectivity index (χ3n) is 3.05. The number of furan rings is 1. The lowest BCUT2D eigenvalue weighted by Crippen LogP contribution is -2.25. The molecule has 0 aliphatic rings. The maximum Gasteiger partial charge on any atom is 0.178 e. The topological polar surface area (TPSA) is 33.5 Å². The van der Waals surface area contributed by atoms with E-state index in [9.17, 15) is 4.79 Å². The van der Waals surface area contributed by atoms with E-state index < -0.39 is 0 Å². The van der Waals surface area contributed by atoms with Gasteiger partial charge in [-0.3, -0.25) is 9.69 Å². The summed E-state index contributed by atoms with van der Waals surface area (Å²) in [5, 5.41) is 0.929. The van der Waals surface area contributed by atoms with Crippen LogP contribution < -0.4 is 0 Å². The fourth-order valence-corrected chi connectivity index (χ4v) is 2.36. The molecule has 2 aromatic rings. The molecule has 5 heteroatoms. The van der Waals surface area contributed by atoms with Crippen LogP contribution >= 0.6 is 23.2 Å². The molecular weight excluding hydrogens is 297 g/mol. The molecule has 1 heterocycles. The van der Waals surface area contributed by atoms with Gasteiger partial charge >= 0.3 is 0 Å². The number of carbonyl (C=O) groups is 1. The molecule has 1 aromatic heterocycles. The summed E-state index contributed by atoms with van der Waals surface area (Å²) in [6.45, 7) is 2.82. The fourth-order valence-electron chi connectivity index (χ4n) is 1.96. The zero-order valence-electron chi connectivity index (χ0n) is 11.3. The SMILES string of the molecule is Cc1occc1CN(C)CC(=O)c1cc(Cl)ccc1Cl. The maximum absolute atomic E-state index is 12.2. The minimum Gasteiger partial charge on any atom is -0.469 e. The van der Waals surface area contributed by atoms with Gasteiger partial charge in [0.05, 0.1) is 17.8 Å². The van der Waals surface area contributed by atoms with Crippen LogP contribution in [0.1, 0.15) is 21.7 Å². The van der Waals surface area contributed by atoms with Crippen molar-refractivity contribution in [1.82, 2.24) is 4.90 Å². The van der Waals surface area contributed by atoms with Crippen molar-refractivity contribution in [3.05, 3.63) is 57.5 Å². The van der Waals surface area contributed by atoms with Crippen LogP contribution in [0.3, 0.4) is 0 Å². The molecule has 106 valence electrons. The van der Waals surface area contributed by atoms with E-state index in [2.05, 4.69) is 0 Å². The van der Waals surface area contributed by atoms with Gasteiger partial charge in [0, 0.05) is 22.7 Å². The lowest BCUT2D eigenvalue weighted by molar-refractivity contribution is 0.0943. The number of aryl methyl sites for hydroxylation is 1. The number of hydrogen-bond acceptors (Lipinski definition) is 3. The monoisotopic (exact) mass is 311 g/mol. The minimum absolute atomic E-state index is 0.0545. The number of ketones is 1. The Morgan fingerprint density at radius 2 is 2.05 bits per heavy atom. The molecule has 0 spiro atoms. The predicted octanol–water partition coefficient (Wildman–Crippen LogP) is 4.21. The molecule has 0 aliphatic carbocycles. The van der Waals surface area contributed by atoms with Crippen LogP contribution in [0.4, 0.5) is 0 Å². The Bertz CT molecular complexity index is 622. The highest BCUT2D eigenvalue weighted by molar-refractivity contribution is 6.36. The van der Waals surface area contributed by atoms with Crippen molar-refractivity contribution in [2.75, 3.05) is 13.6 Å². The van der Waals surface area contributed by atoms with Crippen LogP contribution in [0.25, 0.3) is 0 Å². The Kier molecular flexibility index (Phi) is 4.86. The molecule has 0 bridgehead atoms. The van der Waals surface area contributed by atoms with Gasteiger partial charge in [0.15, 0.2) is 5.78 Å². The van der Waals surface area contributed by atoms with E-state index >= 15 is 0 Å². The zero-order valence-corrected chi connectivity index (χ0v) is 12.8. The Labute approximate surface area is 128 Å². The number of halogens is 2. The quantitative estimate of drug-likeness (QED) is 0.776. The summed E-state index contributed by atoms with van der Waals surface area (Å²) in [5.74, 6) is 0.811. The second kappa shape index (κ2) is 6.44.